The molecule has 5 nitrogen and oxygen atoms in total. The van der Waals surface area contributed by atoms with Crippen LogP contribution in [0.2, 0.25) is 0 Å². The van der Waals surface area contributed by atoms with Gasteiger partial charge in [-0.1, -0.05) is 0 Å². The van der Waals surface area contributed by atoms with E-state index in [-0.39, 0.29) is 0 Å². The molecular weight excluding hydrogens is 427 g/mol. The third-order valence-corrected chi connectivity index (χ3v) is 5.58. The van der Waals surface area contributed by atoms with Gasteiger partial charge in [0, 0.05) is 18.8 Å². The van der Waals surface area contributed by atoms with E-state index in [9.17, 15) is 13.2 Å². The summed E-state index contributed by atoms with van der Waals surface area (Å²) in [7, 11) is 0. The third kappa shape index (κ3) is 5.63. The van der Waals surface area contributed by atoms with Crippen LogP contribution in [0.3, 0.4) is 0 Å². The third-order valence-electron chi connectivity index (χ3n) is 5.58. The predicted octanol–water partition coefficient (Wildman–Crippen LogP) is 8.75. The Morgan fingerprint density at radius 3 is 1.58 bits per heavy atom. The molecular formula is C25H24F3N5. The average molecular weight is 451 g/mol. The van der Waals surface area contributed by atoms with Crippen molar-refractivity contribution in [2.45, 2.75) is 32.9 Å². The Balaban J connectivity index is 1.46. The molecule has 3 aromatic rings. The Kier molecular flexibility index (Phi) is 6.53. The standard InChI is InChI=1S/C25H24F3N5/c1-17-16-24(32-30-21-9-11-22(12-10-21)33-13-3-4-14-33)18(2)15-23(17)31-29-20-7-5-19(6-8-20)25(26,27)28/h5-12,15-16H,3-4,13-14H2,1-2H3. The predicted molar refractivity (Wildman–Crippen MR) is 124 cm³/mol. The summed E-state index contributed by atoms with van der Waals surface area (Å²) >= 11 is 0. The Morgan fingerprint density at radius 2 is 1.12 bits per heavy atom. The van der Waals surface area contributed by atoms with Gasteiger partial charge in [0.25, 0.3) is 0 Å². The van der Waals surface area contributed by atoms with Crippen molar-refractivity contribution in [3.63, 3.8) is 0 Å². The molecule has 0 bridgehead atoms. The van der Waals surface area contributed by atoms with Crippen molar-refractivity contribution in [2.75, 3.05) is 18.0 Å². The first-order valence-corrected chi connectivity index (χ1v) is 10.8. The Bertz CT molecular complexity index is 1160. The first-order valence-electron chi connectivity index (χ1n) is 10.8. The van der Waals surface area contributed by atoms with Crippen LogP contribution in [0.4, 0.5) is 41.6 Å². The van der Waals surface area contributed by atoms with Crippen LogP contribution >= 0.6 is 0 Å². The summed E-state index contributed by atoms with van der Waals surface area (Å²) in [6.07, 6.45) is -1.90. The fourth-order valence-electron chi connectivity index (χ4n) is 3.65. The summed E-state index contributed by atoms with van der Waals surface area (Å²) in [4.78, 5) is 2.37. The highest BCUT2D eigenvalue weighted by Gasteiger charge is 2.29. The summed E-state index contributed by atoms with van der Waals surface area (Å²) in [5.74, 6) is 0. The molecule has 0 aliphatic carbocycles. The maximum absolute atomic E-state index is 12.7. The molecule has 0 radical (unpaired) electrons. The number of rotatable bonds is 5. The molecule has 170 valence electrons. The normalized spacial score (nSPS) is 14.6. The molecule has 1 saturated heterocycles. The van der Waals surface area contributed by atoms with E-state index in [1.54, 1.807) is 0 Å². The quantitative estimate of drug-likeness (QED) is 0.358. The lowest BCUT2D eigenvalue weighted by Gasteiger charge is -2.17. The zero-order valence-corrected chi connectivity index (χ0v) is 18.5. The number of benzene rings is 3. The van der Waals surface area contributed by atoms with Crippen molar-refractivity contribution in [3.8, 4) is 0 Å². The van der Waals surface area contributed by atoms with E-state index in [1.807, 2.05) is 38.1 Å². The number of hydrogen-bond donors (Lipinski definition) is 0. The zero-order chi connectivity index (χ0) is 23.4. The number of anilines is 1. The summed E-state index contributed by atoms with van der Waals surface area (Å²) < 4.78 is 38.1. The first kappa shape index (κ1) is 22.6. The van der Waals surface area contributed by atoms with E-state index < -0.39 is 11.7 Å². The minimum atomic E-state index is -4.37. The van der Waals surface area contributed by atoms with Crippen molar-refractivity contribution in [1.29, 1.82) is 0 Å². The van der Waals surface area contributed by atoms with Gasteiger partial charge in [0.15, 0.2) is 0 Å². The SMILES string of the molecule is Cc1cc(N=Nc2ccc(C(F)(F)F)cc2)c(C)cc1N=Nc1ccc(N2CCCC2)cc1. The summed E-state index contributed by atoms with van der Waals surface area (Å²) in [6.45, 7) is 5.98. The Morgan fingerprint density at radius 1 is 0.667 bits per heavy atom. The van der Waals surface area contributed by atoms with Gasteiger partial charge in [0.2, 0.25) is 0 Å². The van der Waals surface area contributed by atoms with Gasteiger partial charge in [-0.15, -0.1) is 0 Å². The molecule has 0 N–H and O–H groups in total. The molecule has 0 atom stereocenters. The van der Waals surface area contributed by atoms with Gasteiger partial charge in [-0.3, -0.25) is 0 Å². The molecule has 33 heavy (non-hydrogen) atoms. The first-order chi connectivity index (χ1) is 15.8. The van der Waals surface area contributed by atoms with Crippen LogP contribution in [0.5, 0.6) is 0 Å². The van der Waals surface area contributed by atoms with Crippen molar-refractivity contribution >= 4 is 28.4 Å². The van der Waals surface area contributed by atoms with Gasteiger partial charge in [0.05, 0.1) is 28.3 Å². The second-order valence-corrected chi connectivity index (χ2v) is 8.08. The van der Waals surface area contributed by atoms with E-state index in [4.69, 9.17) is 0 Å². The average Bonchev–Trinajstić information content (AvgIpc) is 3.33. The molecule has 0 amide bonds. The van der Waals surface area contributed by atoms with Gasteiger partial charge in [-0.25, -0.2) is 0 Å². The topological polar surface area (TPSA) is 52.7 Å². The van der Waals surface area contributed by atoms with Crippen molar-refractivity contribution in [3.05, 3.63) is 77.4 Å². The smallest absolute Gasteiger partial charge is 0.372 e. The fraction of sp³-hybridized carbons (Fsp3) is 0.280. The van der Waals surface area contributed by atoms with Crippen molar-refractivity contribution in [2.24, 2.45) is 20.5 Å². The summed E-state index contributed by atoms with van der Waals surface area (Å²) in [5.41, 5.74) is 4.69. The van der Waals surface area contributed by atoms with Gasteiger partial charge in [0.1, 0.15) is 0 Å². The maximum atomic E-state index is 12.7. The molecule has 1 aliphatic heterocycles. The van der Waals surface area contributed by atoms with E-state index in [2.05, 4.69) is 37.5 Å². The van der Waals surface area contributed by atoms with E-state index in [0.29, 0.717) is 11.4 Å². The molecule has 3 aromatic carbocycles. The second kappa shape index (κ2) is 9.52. The highest BCUT2D eigenvalue weighted by atomic mass is 19.4. The molecule has 0 spiro atoms. The molecule has 0 saturated carbocycles. The molecule has 1 aliphatic rings. The zero-order valence-electron chi connectivity index (χ0n) is 18.5. The van der Waals surface area contributed by atoms with Gasteiger partial charge in [-0.05, 0) is 98.5 Å². The van der Waals surface area contributed by atoms with Crippen LogP contribution in [0.15, 0.2) is 81.1 Å². The lowest BCUT2D eigenvalue weighted by atomic mass is 10.1. The van der Waals surface area contributed by atoms with E-state index >= 15 is 0 Å². The number of aryl methyl sites for hydroxylation is 2. The highest BCUT2D eigenvalue weighted by molar-refractivity contribution is 5.59. The Labute approximate surface area is 190 Å². The minimum Gasteiger partial charge on any atom is -0.372 e. The molecule has 1 heterocycles. The lowest BCUT2D eigenvalue weighted by molar-refractivity contribution is -0.137. The monoisotopic (exact) mass is 451 g/mol. The van der Waals surface area contributed by atoms with E-state index in [1.165, 1.54) is 30.7 Å². The van der Waals surface area contributed by atoms with Gasteiger partial charge >= 0.3 is 6.18 Å². The van der Waals surface area contributed by atoms with Crippen LogP contribution in [-0.4, -0.2) is 13.1 Å². The van der Waals surface area contributed by atoms with Crippen molar-refractivity contribution in [1.82, 2.24) is 0 Å². The second-order valence-electron chi connectivity index (χ2n) is 8.08. The lowest BCUT2D eigenvalue weighted by Crippen LogP contribution is -2.17. The van der Waals surface area contributed by atoms with Gasteiger partial charge in [-0.2, -0.15) is 33.6 Å². The molecule has 4 rings (SSSR count). The maximum Gasteiger partial charge on any atom is 0.416 e. The van der Waals surface area contributed by atoms with E-state index in [0.717, 1.165) is 47.7 Å². The fourth-order valence-corrected chi connectivity index (χ4v) is 3.65. The number of halogens is 3. The van der Waals surface area contributed by atoms with Crippen LogP contribution in [0, 0.1) is 13.8 Å². The molecule has 8 heteroatoms. The number of alkyl halides is 3. The van der Waals surface area contributed by atoms with Crippen LogP contribution < -0.4 is 4.90 Å². The van der Waals surface area contributed by atoms with Crippen molar-refractivity contribution < 1.29 is 13.2 Å². The Hall–Kier alpha value is -3.55. The summed E-state index contributed by atoms with van der Waals surface area (Å²) in [6, 6.07) is 16.4. The number of azo groups is 2. The van der Waals surface area contributed by atoms with Gasteiger partial charge < -0.3 is 4.90 Å². The highest BCUT2D eigenvalue weighted by Crippen LogP contribution is 2.33. The molecule has 0 aromatic heterocycles. The number of hydrogen-bond acceptors (Lipinski definition) is 5. The molecule has 0 unspecified atom stereocenters. The van der Waals surface area contributed by atoms with Crippen LogP contribution in [0.25, 0.3) is 0 Å². The number of nitrogens with zero attached hydrogens (tertiary/aromatic N) is 5. The van der Waals surface area contributed by atoms with Crippen LogP contribution in [0.1, 0.15) is 29.5 Å². The van der Waals surface area contributed by atoms with Crippen LogP contribution in [-0.2, 0) is 6.18 Å². The largest absolute Gasteiger partial charge is 0.416 e. The summed E-state index contributed by atoms with van der Waals surface area (Å²) in [5, 5.41) is 17.0. The minimum absolute atomic E-state index is 0.348. The molecule has 1 fully saturated rings.